The number of amides is 1. The molecule has 2 unspecified atom stereocenters. The average molecular weight is 271 g/mol. The molecule has 1 aliphatic heterocycles. The molecule has 110 valence electrons. The van der Waals surface area contributed by atoms with Crippen molar-refractivity contribution >= 4 is 11.9 Å². The van der Waals surface area contributed by atoms with Crippen LogP contribution in [-0.4, -0.2) is 47.7 Å². The molecule has 1 fully saturated rings. The molecule has 0 radical (unpaired) electrons. The summed E-state index contributed by atoms with van der Waals surface area (Å²) in [6.45, 7) is 6.29. The number of piperidine rings is 1. The van der Waals surface area contributed by atoms with Crippen LogP contribution in [0, 0.1) is 5.41 Å². The summed E-state index contributed by atoms with van der Waals surface area (Å²) in [4.78, 5) is 25.2. The minimum absolute atomic E-state index is 0.0185. The third-order valence-corrected chi connectivity index (χ3v) is 3.99. The zero-order valence-electron chi connectivity index (χ0n) is 12.3. The third kappa shape index (κ3) is 3.93. The number of aliphatic carboxylic acids is 1. The van der Waals surface area contributed by atoms with Crippen LogP contribution in [0.25, 0.3) is 0 Å². The smallest absolute Gasteiger partial charge is 0.326 e. The van der Waals surface area contributed by atoms with Gasteiger partial charge in [0.2, 0.25) is 5.91 Å². The predicted octanol–water partition coefficient (Wildman–Crippen LogP) is 1.90. The molecule has 1 saturated heterocycles. The molecule has 5 heteroatoms. The normalized spacial score (nSPS) is 24.0. The summed E-state index contributed by atoms with van der Waals surface area (Å²) in [7, 11) is 1.61. The SMILES string of the molecule is COC(C)CCC(=O)N1CCCC(C)(C)C1C(=O)O. The Kier molecular flexibility index (Phi) is 5.35. The second-order valence-corrected chi connectivity index (χ2v) is 6.01. The Balaban J connectivity index is 2.73. The van der Waals surface area contributed by atoms with Crippen LogP contribution in [0.1, 0.15) is 46.5 Å². The summed E-state index contributed by atoms with van der Waals surface area (Å²) < 4.78 is 5.12. The first kappa shape index (κ1) is 16.0. The number of rotatable bonds is 5. The fraction of sp³-hybridized carbons (Fsp3) is 0.857. The highest BCUT2D eigenvalue weighted by molar-refractivity contribution is 5.84. The van der Waals surface area contributed by atoms with Crippen LogP contribution >= 0.6 is 0 Å². The van der Waals surface area contributed by atoms with Gasteiger partial charge in [0.1, 0.15) is 6.04 Å². The fourth-order valence-corrected chi connectivity index (χ4v) is 2.72. The number of hydrogen-bond donors (Lipinski definition) is 1. The third-order valence-electron chi connectivity index (χ3n) is 3.99. The molecule has 0 aromatic rings. The second kappa shape index (κ2) is 6.37. The quantitative estimate of drug-likeness (QED) is 0.829. The maximum atomic E-state index is 12.2. The number of carbonyl (C=O) groups is 2. The van der Waals surface area contributed by atoms with Crippen LogP contribution in [0.4, 0.5) is 0 Å². The van der Waals surface area contributed by atoms with Crippen molar-refractivity contribution in [2.75, 3.05) is 13.7 Å². The van der Waals surface area contributed by atoms with E-state index in [1.165, 1.54) is 4.90 Å². The van der Waals surface area contributed by atoms with E-state index in [9.17, 15) is 14.7 Å². The second-order valence-electron chi connectivity index (χ2n) is 6.01. The van der Waals surface area contributed by atoms with Crippen molar-refractivity contribution in [1.29, 1.82) is 0 Å². The topological polar surface area (TPSA) is 66.8 Å². The van der Waals surface area contributed by atoms with Gasteiger partial charge in [-0.25, -0.2) is 4.79 Å². The molecule has 0 spiro atoms. The minimum Gasteiger partial charge on any atom is -0.480 e. The summed E-state index contributed by atoms with van der Waals surface area (Å²) in [6.07, 6.45) is 2.68. The van der Waals surface area contributed by atoms with Crippen molar-refractivity contribution in [3.05, 3.63) is 0 Å². The molecule has 1 heterocycles. The first-order valence-corrected chi connectivity index (χ1v) is 6.84. The van der Waals surface area contributed by atoms with Gasteiger partial charge in [0, 0.05) is 20.1 Å². The Morgan fingerprint density at radius 3 is 2.63 bits per heavy atom. The highest BCUT2D eigenvalue weighted by Gasteiger charge is 2.44. The van der Waals surface area contributed by atoms with E-state index in [2.05, 4.69) is 0 Å². The van der Waals surface area contributed by atoms with Gasteiger partial charge < -0.3 is 14.7 Å². The number of ether oxygens (including phenoxy) is 1. The number of carbonyl (C=O) groups excluding carboxylic acids is 1. The number of methoxy groups -OCH3 is 1. The van der Waals surface area contributed by atoms with Crippen LogP contribution < -0.4 is 0 Å². The van der Waals surface area contributed by atoms with Crippen LogP contribution in [0.3, 0.4) is 0 Å². The van der Waals surface area contributed by atoms with E-state index < -0.39 is 12.0 Å². The summed E-state index contributed by atoms with van der Waals surface area (Å²) in [5.41, 5.74) is -0.368. The summed E-state index contributed by atoms with van der Waals surface area (Å²) in [5, 5.41) is 9.40. The van der Waals surface area contributed by atoms with E-state index in [0.717, 1.165) is 12.8 Å². The Hall–Kier alpha value is -1.10. The molecule has 1 rings (SSSR count). The van der Waals surface area contributed by atoms with E-state index in [4.69, 9.17) is 4.74 Å². The predicted molar refractivity (Wildman–Crippen MR) is 71.9 cm³/mol. The van der Waals surface area contributed by atoms with Gasteiger partial charge in [-0.3, -0.25) is 4.79 Å². The van der Waals surface area contributed by atoms with Crippen molar-refractivity contribution in [1.82, 2.24) is 4.90 Å². The van der Waals surface area contributed by atoms with E-state index in [0.29, 0.717) is 19.4 Å². The van der Waals surface area contributed by atoms with Gasteiger partial charge in [0.15, 0.2) is 0 Å². The van der Waals surface area contributed by atoms with Gasteiger partial charge >= 0.3 is 5.97 Å². The lowest BCUT2D eigenvalue weighted by atomic mass is 9.76. The zero-order chi connectivity index (χ0) is 14.6. The average Bonchev–Trinajstić information content (AvgIpc) is 2.33. The van der Waals surface area contributed by atoms with Gasteiger partial charge in [-0.05, 0) is 31.6 Å². The number of carboxylic acids is 1. The molecule has 1 amide bonds. The molecule has 1 aliphatic rings. The molecular weight excluding hydrogens is 246 g/mol. The largest absolute Gasteiger partial charge is 0.480 e. The van der Waals surface area contributed by atoms with E-state index in [1.807, 2.05) is 20.8 Å². The Morgan fingerprint density at radius 2 is 2.11 bits per heavy atom. The molecule has 0 saturated carbocycles. The van der Waals surface area contributed by atoms with E-state index in [-0.39, 0.29) is 17.4 Å². The van der Waals surface area contributed by atoms with E-state index in [1.54, 1.807) is 7.11 Å². The standard InChI is InChI=1S/C14H25NO4/c1-10(19-4)6-7-11(16)15-9-5-8-14(2,3)12(15)13(17)18/h10,12H,5-9H2,1-4H3,(H,17,18). The Bertz CT molecular complexity index is 340. The van der Waals surface area contributed by atoms with Gasteiger partial charge in [-0.15, -0.1) is 0 Å². The van der Waals surface area contributed by atoms with E-state index >= 15 is 0 Å². The van der Waals surface area contributed by atoms with Crippen LogP contribution in [0.15, 0.2) is 0 Å². The first-order valence-electron chi connectivity index (χ1n) is 6.84. The van der Waals surface area contributed by atoms with Crippen molar-refractivity contribution in [2.24, 2.45) is 5.41 Å². The molecule has 0 aromatic carbocycles. The van der Waals surface area contributed by atoms with Gasteiger partial charge in [0.25, 0.3) is 0 Å². The first-order chi connectivity index (χ1) is 8.79. The lowest BCUT2D eigenvalue weighted by Gasteiger charge is -2.44. The molecule has 1 N–H and O–H groups in total. The molecule has 19 heavy (non-hydrogen) atoms. The number of nitrogens with zero attached hydrogens (tertiary/aromatic N) is 1. The van der Waals surface area contributed by atoms with Gasteiger partial charge in [-0.1, -0.05) is 13.8 Å². The monoisotopic (exact) mass is 271 g/mol. The molecule has 0 aromatic heterocycles. The summed E-state index contributed by atoms with van der Waals surface area (Å²) >= 11 is 0. The van der Waals surface area contributed by atoms with Gasteiger partial charge in [0.05, 0.1) is 6.10 Å². The van der Waals surface area contributed by atoms with Crippen molar-refractivity contribution in [2.45, 2.75) is 58.6 Å². The lowest BCUT2D eigenvalue weighted by Crippen LogP contribution is -2.56. The van der Waals surface area contributed by atoms with Crippen LogP contribution in [0.2, 0.25) is 0 Å². The van der Waals surface area contributed by atoms with Gasteiger partial charge in [-0.2, -0.15) is 0 Å². The molecule has 0 aliphatic carbocycles. The molecule has 5 nitrogen and oxygen atoms in total. The number of carboxylic acid groups (broad SMARTS) is 1. The van der Waals surface area contributed by atoms with Crippen molar-refractivity contribution < 1.29 is 19.4 Å². The Morgan fingerprint density at radius 1 is 1.47 bits per heavy atom. The van der Waals surface area contributed by atoms with Crippen LogP contribution in [-0.2, 0) is 14.3 Å². The molecule has 2 atom stereocenters. The number of hydrogen-bond acceptors (Lipinski definition) is 3. The lowest BCUT2D eigenvalue weighted by molar-refractivity contribution is -0.159. The van der Waals surface area contributed by atoms with Crippen molar-refractivity contribution in [3.63, 3.8) is 0 Å². The summed E-state index contributed by atoms with van der Waals surface area (Å²) in [6, 6.07) is -0.716. The maximum Gasteiger partial charge on any atom is 0.326 e. The zero-order valence-corrected chi connectivity index (χ0v) is 12.3. The highest BCUT2D eigenvalue weighted by Crippen LogP contribution is 2.35. The number of likely N-dealkylation sites (tertiary alicyclic amines) is 1. The fourth-order valence-electron chi connectivity index (χ4n) is 2.72. The van der Waals surface area contributed by atoms with Crippen molar-refractivity contribution in [3.8, 4) is 0 Å². The van der Waals surface area contributed by atoms with Crippen LogP contribution in [0.5, 0.6) is 0 Å². The Labute approximate surface area is 114 Å². The highest BCUT2D eigenvalue weighted by atomic mass is 16.5. The maximum absolute atomic E-state index is 12.2. The molecular formula is C14H25NO4. The molecule has 0 bridgehead atoms. The minimum atomic E-state index is -0.905. The summed E-state index contributed by atoms with van der Waals surface area (Å²) in [5.74, 6) is -0.984.